The van der Waals surface area contributed by atoms with Crippen LogP contribution in [0.15, 0.2) is 30.3 Å². The van der Waals surface area contributed by atoms with Gasteiger partial charge in [-0.1, -0.05) is 23.7 Å². The largest absolute Gasteiger partial charge is 0.462 e. The maximum absolute atomic E-state index is 12.1. The summed E-state index contributed by atoms with van der Waals surface area (Å²) >= 11 is 5.91. The van der Waals surface area contributed by atoms with Crippen LogP contribution in [0.5, 0.6) is 0 Å². The summed E-state index contributed by atoms with van der Waals surface area (Å²) in [6, 6.07) is 9.27. The lowest BCUT2D eigenvalue weighted by Crippen LogP contribution is -2.10. The lowest BCUT2D eigenvalue weighted by atomic mass is 9.98. The molecular formula is C16H16ClNO2. The van der Waals surface area contributed by atoms with E-state index in [1.54, 1.807) is 19.1 Å². The third kappa shape index (κ3) is 2.99. The van der Waals surface area contributed by atoms with Crippen molar-refractivity contribution in [1.82, 2.24) is 4.98 Å². The van der Waals surface area contributed by atoms with Crippen LogP contribution in [0.1, 0.15) is 28.7 Å². The van der Waals surface area contributed by atoms with Gasteiger partial charge in [-0.15, -0.1) is 0 Å². The molecule has 1 aromatic carbocycles. The number of aromatic nitrogens is 1. The Morgan fingerprint density at radius 3 is 2.50 bits per heavy atom. The molecule has 0 N–H and O–H groups in total. The van der Waals surface area contributed by atoms with Crippen LogP contribution in [-0.4, -0.2) is 17.6 Å². The molecule has 0 saturated carbocycles. The normalized spacial score (nSPS) is 10.4. The Balaban J connectivity index is 2.61. The molecular weight excluding hydrogens is 274 g/mol. The van der Waals surface area contributed by atoms with Crippen LogP contribution in [0.3, 0.4) is 0 Å². The van der Waals surface area contributed by atoms with Crippen molar-refractivity contribution < 1.29 is 9.53 Å². The van der Waals surface area contributed by atoms with Crippen LogP contribution in [0, 0.1) is 13.8 Å². The molecule has 0 atom stereocenters. The van der Waals surface area contributed by atoms with E-state index in [0.29, 0.717) is 22.9 Å². The summed E-state index contributed by atoms with van der Waals surface area (Å²) in [7, 11) is 0. The zero-order valence-electron chi connectivity index (χ0n) is 11.7. The minimum atomic E-state index is -0.345. The molecule has 0 fully saturated rings. The number of carbonyl (C=O) groups excluding carboxylic acids is 1. The first-order chi connectivity index (χ1) is 9.52. The van der Waals surface area contributed by atoms with Gasteiger partial charge >= 0.3 is 5.97 Å². The third-order valence-electron chi connectivity index (χ3n) is 2.96. The average Bonchev–Trinajstić information content (AvgIpc) is 2.38. The second-order valence-corrected chi connectivity index (χ2v) is 4.94. The number of ether oxygens (including phenoxy) is 1. The summed E-state index contributed by atoms with van der Waals surface area (Å²) in [4.78, 5) is 16.5. The van der Waals surface area contributed by atoms with Crippen LogP contribution < -0.4 is 0 Å². The highest BCUT2D eigenvalue weighted by atomic mass is 35.5. The number of esters is 1. The van der Waals surface area contributed by atoms with E-state index in [0.717, 1.165) is 16.8 Å². The average molecular weight is 290 g/mol. The van der Waals surface area contributed by atoms with Gasteiger partial charge < -0.3 is 4.74 Å². The monoisotopic (exact) mass is 289 g/mol. The van der Waals surface area contributed by atoms with Crippen molar-refractivity contribution in [3.8, 4) is 11.1 Å². The summed E-state index contributed by atoms with van der Waals surface area (Å²) in [5.41, 5.74) is 3.80. The zero-order valence-corrected chi connectivity index (χ0v) is 12.5. The molecule has 104 valence electrons. The Morgan fingerprint density at radius 2 is 1.90 bits per heavy atom. The summed E-state index contributed by atoms with van der Waals surface area (Å²) in [5, 5.41) is 0.661. The van der Waals surface area contributed by atoms with E-state index in [4.69, 9.17) is 16.3 Å². The van der Waals surface area contributed by atoms with Crippen molar-refractivity contribution in [1.29, 1.82) is 0 Å². The van der Waals surface area contributed by atoms with Gasteiger partial charge in [0, 0.05) is 10.7 Å². The smallest absolute Gasteiger partial charge is 0.340 e. The van der Waals surface area contributed by atoms with Gasteiger partial charge in [0.15, 0.2) is 0 Å². The Labute approximate surface area is 123 Å². The lowest BCUT2D eigenvalue weighted by molar-refractivity contribution is 0.0526. The minimum absolute atomic E-state index is 0.339. The molecule has 2 rings (SSSR count). The molecule has 0 aliphatic heterocycles. The topological polar surface area (TPSA) is 39.2 Å². The fourth-order valence-corrected chi connectivity index (χ4v) is 2.27. The minimum Gasteiger partial charge on any atom is -0.462 e. The molecule has 1 heterocycles. The fourth-order valence-electron chi connectivity index (χ4n) is 2.15. The second-order valence-electron chi connectivity index (χ2n) is 4.50. The van der Waals surface area contributed by atoms with Crippen molar-refractivity contribution in [2.45, 2.75) is 20.8 Å². The van der Waals surface area contributed by atoms with Crippen LogP contribution >= 0.6 is 11.6 Å². The number of benzene rings is 1. The van der Waals surface area contributed by atoms with Crippen molar-refractivity contribution in [2.24, 2.45) is 0 Å². The quantitative estimate of drug-likeness (QED) is 0.795. The van der Waals surface area contributed by atoms with E-state index < -0.39 is 0 Å². The zero-order chi connectivity index (χ0) is 14.7. The molecule has 20 heavy (non-hydrogen) atoms. The molecule has 3 nitrogen and oxygen atoms in total. The standard InChI is InChI=1S/C16H16ClNO2/c1-4-20-16(19)15-11(3)18-10(2)9-14(15)12-5-7-13(17)8-6-12/h5-9H,4H2,1-3H3. The molecule has 4 heteroatoms. The Morgan fingerprint density at radius 1 is 1.25 bits per heavy atom. The predicted molar refractivity (Wildman–Crippen MR) is 80.1 cm³/mol. The van der Waals surface area contributed by atoms with Gasteiger partial charge in [-0.3, -0.25) is 4.98 Å². The van der Waals surface area contributed by atoms with E-state index in [1.807, 2.05) is 32.0 Å². The highest BCUT2D eigenvalue weighted by molar-refractivity contribution is 6.30. The van der Waals surface area contributed by atoms with E-state index >= 15 is 0 Å². The van der Waals surface area contributed by atoms with E-state index in [9.17, 15) is 4.79 Å². The van der Waals surface area contributed by atoms with E-state index in [2.05, 4.69) is 4.98 Å². The number of rotatable bonds is 3. The van der Waals surface area contributed by atoms with E-state index in [1.165, 1.54) is 0 Å². The number of hydrogen-bond acceptors (Lipinski definition) is 3. The number of aryl methyl sites for hydroxylation is 2. The first-order valence-corrected chi connectivity index (χ1v) is 6.82. The molecule has 0 aliphatic rings. The van der Waals surface area contributed by atoms with Gasteiger partial charge in [-0.05, 0) is 50.1 Å². The molecule has 0 saturated heterocycles. The highest BCUT2D eigenvalue weighted by Gasteiger charge is 2.18. The number of hydrogen-bond donors (Lipinski definition) is 0. The number of carbonyl (C=O) groups is 1. The van der Waals surface area contributed by atoms with Gasteiger partial charge in [0.05, 0.1) is 17.9 Å². The van der Waals surface area contributed by atoms with E-state index in [-0.39, 0.29) is 5.97 Å². The highest BCUT2D eigenvalue weighted by Crippen LogP contribution is 2.28. The molecule has 0 aliphatic carbocycles. The number of nitrogens with zero attached hydrogens (tertiary/aromatic N) is 1. The van der Waals surface area contributed by atoms with Gasteiger partial charge in [0.1, 0.15) is 0 Å². The number of halogens is 1. The molecule has 1 aromatic heterocycles. The summed E-state index contributed by atoms with van der Waals surface area (Å²) in [6.45, 7) is 5.85. The van der Waals surface area contributed by atoms with Gasteiger partial charge in [0.25, 0.3) is 0 Å². The maximum atomic E-state index is 12.1. The van der Waals surface area contributed by atoms with Gasteiger partial charge in [-0.25, -0.2) is 4.79 Å². The lowest BCUT2D eigenvalue weighted by Gasteiger charge is -2.12. The predicted octanol–water partition coefficient (Wildman–Crippen LogP) is 4.20. The SMILES string of the molecule is CCOC(=O)c1c(-c2ccc(Cl)cc2)cc(C)nc1C. The molecule has 0 unspecified atom stereocenters. The first kappa shape index (κ1) is 14.5. The number of pyridine rings is 1. The maximum Gasteiger partial charge on any atom is 0.340 e. The van der Waals surface area contributed by atoms with Crippen molar-refractivity contribution in [3.05, 3.63) is 52.3 Å². The van der Waals surface area contributed by atoms with Crippen LogP contribution in [-0.2, 0) is 4.74 Å². The second kappa shape index (κ2) is 6.06. The van der Waals surface area contributed by atoms with Gasteiger partial charge in [0.2, 0.25) is 0 Å². The fraction of sp³-hybridized carbons (Fsp3) is 0.250. The Hall–Kier alpha value is -1.87. The molecule has 0 spiro atoms. The van der Waals surface area contributed by atoms with Crippen molar-refractivity contribution in [3.63, 3.8) is 0 Å². The molecule has 0 amide bonds. The van der Waals surface area contributed by atoms with Crippen LogP contribution in [0.4, 0.5) is 0 Å². The third-order valence-corrected chi connectivity index (χ3v) is 3.22. The summed E-state index contributed by atoms with van der Waals surface area (Å²) < 4.78 is 5.13. The summed E-state index contributed by atoms with van der Waals surface area (Å²) in [6.07, 6.45) is 0. The Kier molecular flexibility index (Phi) is 4.40. The van der Waals surface area contributed by atoms with Gasteiger partial charge in [-0.2, -0.15) is 0 Å². The summed E-state index contributed by atoms with van der Waals surface area (Å²) in [5.74, 6) is -0.345. The molecule has 0 bridgehead atoms. The molecule has 2 aromatic rings. The van der Waals surface area contributed by atoms with Crippen LogP contribution in [0.25, 0.3) is 11.1 Å². The first-order valence-electron chi connectivity index (χ1n) is 6.44. The van der Waals surface area contributed by atoms with Crippen molar-refractivity contribution in [2.75, 3.05) is 6.61 Å². The molecule has 0 radical (unpaired) electrons. The van der Waals surface area contributed by atoms with Crippen molar-refractivity contribution >= 4 is 17.6 Å². The Bertz CT molecular complexity index is 636. The van der Waals surface area contributed by atoms with Crippen LogP contribution in [0.2, 0.25) is 5.02 Å².